The Kier molecular flexibility index (Phi) is 8.61. The number of nitrogens with zero attached hydrogens (tertiary/aromatic N) is 3. The zero-order valence-corrected chi connectivity index (χ0v) is 22.3. The van der Waals surface area contributed by atoms with Gasteiger partial charge in [-0.1, -0.05) is 71.2 Å². The minimum Gasteiger partial charge on any atom is -0.365 e. The molecule has 1 heterocycles. The van der Waals surface area contributed by atoms with Crippen LogP contribution in [-0.2, 0) is 4.79 Å². The summed E-state index contributed by atoms with van der Waals surface area (Å²) in [5, 5.41) is 1.69. The second-order valence-corrected chi connectivity index (χ2v) is 10.4. The number of likely N-dealkylation sites (tertiary alicyclic amines) is 1. The molecule has 0 aliphatic carbocycles. The highest BCUT2D eigenvalue weighted by Crippen LogP contribution is 2.29. The monoisotopic (exact) mass is 529 g/mol. The van der Waals surface area contributed by atoms with Crippen LogP contribution in [0, 0.1) is 0 Å². The van der Waals surface area contributed by atoms with Crippen molar-refractivity contribution < 1.29 is 4.79 Å². The third-order valence-electron chi connectivity index (χ3n) is 6.66. The van der Waals surface area contributed by atoms with E-state index < -0.39 is 0 Å². The molecule has 0 saturated carbocycles. The molecule has 1 aliphatic heterocycles. The molecule has 3 aromatic rings. The molecule has 35 heavy (non-hydrogen) atoms. The highest BCUT2D eigenvalue weighted by Gasteiger charge is 2.26. The molecule has 184 valence electrons. The van der Waals surface area contributed by atoms with Crippen LogP contribution < -0.4 is 4.90 Å². The van der Waals surface area contributed by atoms with Crippen molar-refractivity contribution in [2.45, 2.75) is 18.9 Å². The molecule has 0 radical (unpaired) electrons. The largest absolute Gasteiger partial charge is 0.365 e. The molecule has 7 heteroatoms. The molecule has 1 saturated heterocycles. The van der Waals surface area contributed by atoms with Crippen LogP contribution in [0.25, 0.3) is 11.1 Å². The number of halogens is 3. The fourth-order valence-corrected chi connectivity index (χ4v) is 5.01. The summed E-state index contributed by atoms with van der Waals surface area (Å²) < 4.78 is 0. The fourth-order valence-electron chi connectivity index (χ4n) is 4.53. The van der Waals surface area contributed by atoms with Crippen LogP contribution in [0.2, 0.25) is 15.1 Å². The number of carbonyl (C=O) groups is 1. The number of benzene rings is 3. The predicted molar refractivity (Wildman–Crippen MR) is 148 cm³/mol. The number of hydrogen-bond acceptors (Lipinski definition) is 3. The molecule has 1 unspecified atom stereocenters. The summed E-state index contributed by atoms with van der Waals surface area (Å²) in [6.45, 7) is 3.20. The number of rotatable bonds is 8. The molecule has 4 rings (SSSR count). The summed E-state index contributed by atoms with van der Waals surface area (Å²) in [5.74, 6) is 0.0432. The molecule has 3 aromatic carbocycles. The Morgan fingerprint density at radius 1 is 0.886 bits per heavy atom. The van der Waals surface area contributed by atoms with Crippen molar-refractivity contribution >= 4 is 46.4 Å². The summed E-state index contributed by atoms with van der Waals surface area (Å²) in [5.41, 5.74) is 4.15. The van der Waals surface area contributed by atoms with E-state index in [0.717, 1.165) is 47.0 Å². The molecule has 0 aromatic heterocycles. The molecule has 0 spiro atoms. The van der Waals surface area contributed by atoms with Gasteiger partial charge in [0, 0.05) is 31.4 Å². The lowest BCUT2D eigenvalue weighted by Crippen LogP contribution is -2.42. The van der Waals surface area contributed by atoms with Crippen LogP contribution in [0.1, 0.15) is 24.4 Å². The van der Waals surface area contributed by atoms with Crippen molar-refractivity contribution in [2.75, 3.05) is 45.2 Å². The Morgan fingerprint density at radius 3 is 2.26 bits per heavy atom. The highest BCUT2D eigenvalue weighted by atomic mass is 35.5. The molecular formula is C28H30Cl3N3O. The Balaban J connectivity index is 1.53. The molecular weight excluding hydrogens is 501 g/mol. The van der Waals surface area contributed by atoms with E-state index in [1.165, 1.54) is 12.8 Å². The topological polar surface area (TPSA) is 26.8 Å². The van der Waals surface area contributed by atoms with Gasteiger partial charge in [0.15, 0.2) is 0 Å². The summed E-state index contributed by atoms with van der Waals surface area (Å²) in [6, 6.07) is 21.7. The van der Waals surface area contributed by atoms with E-state index in [4.69, 9.17) is 34.8 Å². The van der Waals surface area contributed by atoms with Gasteiger partial charge >= 0.3 is 0 Å². The van der Waals surface area contributed by atoms with Crippen LogP contribution in [0.3, 0.4) is 0 Å². The second-order valence-electron chi connectivity index (χ2n) is 9.11. The minimum atomic E-state index is -0.0452. The van der Waals surface area contributed by atoms with Crippen LogP contribution in [0.4, 0.5) is 5.69 Å². The maximum Gasteiger partial charge on any atom is 0.242 e. The zero-order chi connectivity index (χ0) is 24.9. The first kappa shape index (κ1) is 25.8. The average Bonchev–Trinajstić information content (AvgIpc) is 3.37. The van der Waals surface area contributed by atoms with Gasteiger partial charge in [-0.15, -0.1) is 0 Å². The van der Waals surface area contributed by atoms with Gasteiger partial charge < -0.3 is 14.7 Å². The summed E-state index contributed by atoms with van der Waals surface area (Å²) in [6.07, 6.45) is 2.41. The van der Waals surface area contributed by atoms with Gasteiger partial charge in [0.05, 0.1) is 22.6 Å². The van der Waals surface area contributed by atoms with E-state index in [-0.39, 0.29) is 18.5 Å². The molecule has 0 bridgehead atoms. The Bertz CT molecular complexity index is 1160. The summed E-state index contributed by atoms with van der Waals surface area (Å²) in [4.78, 5) is 19.6. The van der Waals surface area contributed by atoms with Crippen molar-refractivity contribution in [3.63, 3.8) is 0 Å². The van der Waals surface area contributed by atoms with Crippen LogP contribution >= 0.6 is 34.8 Å². The van der Waals surface area contributed by atoms with Crippen molar-refractivity contribution in [3.05, 3.63) is 87.4 Å². The van der Waals surface area contributed by atoms with Gasteiger partial charge in [0.1, 0.15) is 0 Å². The number of likely N-dealkylation sites (N-methyl/N-ethyl adjacent to an activating group) is 2. The SMILES string of the molecule is CN(CC(=O)N(C)C(CN1CCCC1)c1ccc(-c2cccc(Cl)c2)cc1)c1ccc(Cl)c(Cl)c1. The standard InChI is InChI=1S/C28H30Cl3N3O/c1-32(24-12-13-25(30)26(31)17-24)19-28(35)33(2)27(18-34-14-3-4-15-34)21-10-8-20(9-11-21)22-6-5-7-23(29)16-22/h5-13,16-17,27H,3-4,14-15,18-19H2,1-2H3. The van der Waals surface area contributed by atoms with Gasteiger partial charge in [-0.2, -0.15) is 0 Å². The van der Waals surface area contributed by atoms with Crippen molar-refractivity contribution in [3.8, 4) is 11.1 Å². The van der Waals surface area contributed by atoms with Crippen LogP contribution in [0.5, 0.6) is 0 Å². The smallest absolute Gasteiger partial charge is 0.242 e. The fraction of sp³-hybridized carbons (Fsp3) is 0.321. The van der Waals surface area contributed by atoms with E-state index in [9.17, 15) is 4.79 Å². The molecule has 0 N–H and O–H groups in total. The van der Waals surface area contributed by atoms with Gasteiger partial charge in [0.25, 0.3) is 0 Å². The third kappa shape index (κ3) is 6.50. The average molecular weight is 531 g/mol. The quantitative estimate of drug-likeness (QED) is 0.312. The molecule has 1 aliphatic rings. The molecule has 4 nitrogen and oxygen atoms in total. The van der Waals surface area contributed by atoms with Gasteiger partial charge in [0.2, 0.25) is 5.91 Å². The highest BCUT2D eigenvalue weighted by molar-refractivity contribution is 6.42. The lowest BCUT2D eigenvalue weighted by Gasteiger charge is -2.33. The second kappa shape index (κ2) is 11.7. The maximum absolute atomic E-state index is 13.4. The first-order valence-corrected chi connectivity index (χ1v) is 13.0. The molecule has 1 atom stereocenters. The number of carbonyl (C=O) groups excluding carboxylic acids is 1. The lowest BCUT2D eigenvalue weighted by molar-refractivity contribution is -0.131. The van der Waals surface area contributed by atoms with Crippen molar-refractivity contribution in [2.24, 2.45) is 0 Å². The van der Waals surface area contributed by atoms with E-state index in [0.29, 0.717) is 10.0 Å². The van der Waals surface area contributed by atoms with E-state index in [1.807, 2.05) is 48.2 Å². The summed E-state index contributed by atoms with van der Waals surface area (Å²) >= 11 is 18.4. The molecule has 1 amide bonds. The van der Waals surface area contributed by atoms with Crippen LogP contribution in [0.15, 0.2) is 66.7 Å². The van der Waals surface area contributed by atoms with Gasteiger partial charge in [-0.05, 0) is 73.0 Å². The minimum absolute atomic E-state index is 0.0432. The Morgan fingerprint density at radius 2 is 1.60 bits per heavy atom. The van der Waals surface area contributed by atoms with Gasteiger partial charge in [-0.25, -0.2) is 0 Å². The zero-order valence-electron chi connectivity index (χ0n) is 20.1. The summed E-state index contributed by atoms with van der Waals surface area (Å²) in [7, 11) is 3.79. The van der Waals surface area contributed by atoms with Crippen LogP contribution in [-0.4, -0.2) is 56.0 Å². The molecule has 1 fully saturated rings. The Hall–Kier alpha value is -2.24. The first-order chi connectivity index (χ1) is 16.8. The lowest BCUT2D eigenvalue weighted by atomic mass is 9.99. The number of hydrogen-bond donors (Lipinski definition) is 0. The normalized spacial score (nSPS) is 14.7. The third-order valence-corrected chi connectivity index (χ3v) is 7.63. The number of amides is 1. The van der Waals surface area contributed by atoms with E-state index in [2.05, 4.69) is 35.2 Å². The predicted octanol–water partition coefficient (Wildman–Crippen LogP) is 7.05. The van der Waals surface area contributed by atoms with E-state index >= 15 is 0 Å². The van der Waals surface area contributed by atoms with E-state index in [1.54, 1.807) is 12.1 Å². The Labute approximate surface area is 223 Å². The maximum atomic E-state index is 13.4. The van der Waals surface area contributed by atoms with Crippen molar-refractivity contribution in [1.82, 2.24) is 9.80 Å². The van der Waals surface area contributed by atoms with Gasteiger partial charge in [-0.3, -0.25) is 4.79 Å². The number of anilines is 1. The van der Waals surface area contributed by atoms with Crippen molar-refractivity contribution in [1.29, 1.82) is 0 Å². The first-order valence-electron chi connectivity index (χ1n) is 11.8.